The lowest BCUT2D eigenvalue weighted by molar-refractivity contribution is -0.151. The van der Waals surface area contributed by atoms with E-state index in [-0.39, 0.29) is 12.2 Å². The van der Waals surface area contributed by atoms with Gasteiger partial charge in [-0.1, -0.05) is 18.2 Å². The molecule has 0 saturated carbocycles. The molecule has 1 atom stereocenters. The van der Waals surface area contributed by atoms with Crippen LogP contribution in [0.1, 0.15) is 12.0 Å². The third kappa shape index (κ3) is 1.37. The first-order chi connectivity index (χ1) is 7.04. The lowest BCUT2D eigenvalue weighted by Gasteiger charge is -2.29. The molecule has 78 valence electrons. The van der Waals surface area contributed by atoms with Gasteiger partial charge in [0.2, 0.25) is 0 Å². The van der Waals surface area contributed by atoms with Gasteiger partial charge in [-0.3, -0.25) is 4.79 Å². The second kappa shape index (κ2) is 3.06. The van der Waals surface area contributed by atoms with Gasteiger partial charge in [0.1, 0.15) is 5.75 Å². The lowest BCUT2D eigenvalue weighted by Crippen LogP contribution is -2.49. The number of carboxylic acid groups (broad SMARTS) is 1. The van der Waals surface area contributed by atoms with Gasteiger partial charge in [0, 0.05) is 5.56 Å². The van der Waals surface area contributed by atoms with Crippen molar-refractivity contribution in [1.29, 1.82) is 0 Å². The highest BCUT2D eigenvalue weighted by Crippen LogP contribution is 2.35. The molecule has 15 heavy (non-hydrogen) atoms. The van der Waals surface area contributed by atoms with Gasteiger partial charge in [0.25, 0.3) is 0 Å². The number of benzene rings is 1. The van der Waals surface area contributed by atoms with E-state index in [9.17, 15) is 9.59 Å². The molecule has 2 rings (SSSR count). The summed E-state index contributed by atoms with van der Waals surface area (Å²) in [7, 11) is 0. The maximum atomic E-state index is 11.2. The van der Waals surface area contributed by atoms with Crippen molar-refractivity contribution in [2.75, 3.05) is 0 Å². The Morgan fingerprint density at radius 2 is 2.13 bits per heavy atom. The Morgan fingerprint density at radius 3 is 2.80 bits per heavy atom. The molecule has 0 bridgehead atoms. The highest BCUT2D eigenvalue weighted by Gasteiger charge is 2.44. The molecule has 0 amide bonds. The minimum Gasteiger partial charge on any atom is -0.480 e. The number of para-hydroxylation sites is 1. The van der Waals surface area contributed by atoms with Gasteiger partial charge in [-0.25, -0.2) is 4.79 Å². The van der Waals surface area contributed by atoms with Gasteiger partial charge in [-0.05, 0) is 6.07 Å². The summed E-state index contributed by atoms with van der Waals surface area (Å²) in [6, 6.07) is 6.38. The van der Waals surface area contributed by atoms with E-state index >= 15 is 0 Å². The van der Waals surface area contributed by atoms with Crippen molar-refractivity contribution in [2.45, 2.75) is 12.0 Å². The Balaban J connectivity index is 2.61. The highest BCUT2D eigenvalue weighted by atomic mass is 16.5. The van der Waals surface area contributed by atoms with Crippen LogP contribution in [0, 0.1) is 0 Å². The summed E-state index contributed by atoms with van der Waals surface area (Å²) in [5.41, 5.74) is 4.36. The molecule has 1 aliphatic heterocycles. The number of ether oxygens (including phenoxy) is 1. The summed E-state index contributed by atoms with van der Waals surface area (Å²) in [5, 5.41) is 9.03. The number of hydrogen-bond acceptors (Lipinski definition) is 4. The quantitative estimate of drug-likeness (QED) is 0.508. The molecule has 0 saturated heterocycles. The number of nitrogens with two attached hydrogens (primary N) is 1. The van der Waals surface area contributed by atoms with Gasteiger partial charge in [-0.2, -0.15) is 0 Å². The second-order valence-electron chi connectivity index (χ2n) is 3.42. The Bertz CT molecular complexity index is 443. The largest absolute Gasteiger partial charge is 0.480 e. The fraction of sp³-hybridized carbons (Fsp3) is 0.200. The number of carbonyl (C=O) groups is 2. The fourth-order valence-electron chi connectivity index (χ4n) is 1.60. The van der Waals surface area contributed by atoms with E-state index < -0.39 is 17.5 Å². The Hall–Kier alpha value is -1.88. The average molecular weight is 207 g/mol. The van der Waals surface area contributed by atoms with E-state index in [2.05, 4.69) is 0 Å². The second-order valence-corrected chi connectivity index (χ2v) is 3.42. The summed E-state index contributed by atoms with van der Waals surface area (Å²) >= 11 is 0. The van der Waals surface area contributed by atoms with Crippen LogP contribution >= 0.6 is 0 Å². The van der Waals surface area contributed by atoms with Crippen molar-refractivity contribution in [3.8, 4) is 5.75 Å². The first-order valence-electron chi connectivity index (χ1n) is 4.36. The Kier molecular flexibility index (Phi) is 1.97. The van der Waals surface area contributed by atoms with Gasteiger partial charge in [-0.15, -0.1) is 0 Å². The average Bonchev–Trinajstić information content (AvgIpc) is 2.17. The lowest BCUT2D eigenvalue weighted by atomic mass is 9.85. The molecule has 1 aromatic rings. The monoisotopic (exact) mass is 207 g/mol. The van der Waals surface area contributed by atoms with Gasteiger partial charge in [0.05, 0.1) is 6.42 Å². The maximum absolute atomic E-state index is 11.2. The predicted octanol–water partition coefficient (Wildman–Crippen LogP) is 0.234. The van der Waals surface area contributed by atoms with Crippen molar-refractivity contribution in [3.05, 3.63) is 29.8 Å². The highest BCUT2D eigenvalue weighted by molar-refractivity contribution is 5.90. The molecule has 0 spiro atoms. The van der Waals surface area contributed by atoms with E-state index in [1.807, 2.05) is 0 Å². The molecule has 3 N–H and O–H groups in total. The smallest absolute Gasteiger partial charge is 0.329 e. The van der Waals surface area contributed by atoms with E-state index in [0.29, 0.717) is 5.56 Å². The molecular formula is C10H9NO4. The standard InChI is InChI=1S/C10H9NO4/c11-10(9(13)14)5-8(12)15-7-4-2-1-3-6(7)10/h1-4H,5,11H2,(H,13,14). The number of rotatable bonds is 1. The fourth-order valence-corrected chi connectivity index (χ4v) is 1.60. The number of hydrogen-bond donors (Lipinski definition) is 2. The van der Waals surface area contributed by atoms with E-state index in [4.69, 9.17) is 15.6 Å². The third-order valence-corrected chi connectivity index (χ3v) is 2.40. The Morgan fingerprint density at radius 1 is 1.47 bits per heavy atom. The summed E-state index contributed by atoms with van der Waals surface area (Å²) < 4.78 is 4.90. The minimum absolute atomic E-state index is 0.221. The molecule has 0 fully saturated rings. The molecular weight excluding hydrogens is 198 g/mol. The topological polar surface area (TPSA) is 89.6 Å². The molecule has 1 heterocycles. The molecule has 0 aliphatic carbocycles. The van der Waals surface area contributed by atoms with E-state index in [0.717, 1.165) is 0 Å². The first-order valence-corrected chi connectivity index (χ1v) is 4.36. The molecule has 1 unspecified atom stereocenters. The molecule has 1 aliphatic rings. The molecule has 0 radical (unpaired) electrons. The van der Waals surface area contributed by atoms with Gasteiger partial charge < -0.3 is 15.6 Å². The molecule has 5 heteroatoms. The van der Waals surface area contributed by atoms with Crippen LogP contribution in [0.4, 0.5) is 0 Å². The van der Waals surface area contributed by atoms with Crippen LogP contribution in [-0.4, -0.2) is 17.0 Å². The van der Waals surface area contributed by atoms with Crippen molar-refractivity contribution in [2.24, 2.45) is 5.73 Å². The minimum atomic E-state index is -1.67. The van der Waals surface area contributed by atoms with Crippen molar-refractivity contribution in [3.63, 3.8) is 0 Å². The van der Waals surface area contributed by atoms with Crippen LogP contribution in [0.15, 0.2) is 24.3 Å². The SMILES string of the molecule is NC1(C(=O)O)CC(=O)Oc2ccccc21. The number of carbonyl (C=O) groups excluding carboxylic acids is 1. The Labute approximate surface area is 85.5 Å². The predicted molar refractivity (Wildman–Crippen MR) is 50.2 cm³/mol. The molecule has 1 aromatic carbocycles. The van der Waals surface area contributed by atoms with Crippen molar-refractivity contribution < 1.29 is 19.4 Å². The van der Waals surface area contributed by atoms with Crippen molar-refractivity contribution in [1.82, 2.24) is 0 Å². The normalized spacial score (nSPS) is 24.2. The van der Waals surface area contributed by atoms with Crippen LogP contribution in [0.5, 0.6) is 5.75 Å². The zero-order valence-electron chi connectivity index (χ0n) is 7.77. The number of esters is 1. The van der Waals surface area contributed by atoms with Gasteiger partial charge in [0.15, 0.2) is 5.54 Å². The van der Waals surface area contributed by atoms with Crippen LogP contribution in [0.25, 0.3) is 0 Å². The van der Waals surface area contributed by atoms with Gasteiger partial charge >= 0.3 is 11.9 Å². The van der Waals surface area contributed by atoms with E-state index in [1.165, 1.54) is 6.07 Å². The van der Waals surface area contributed by atoms with Crippen LogP contribution in [0.2, 0.25) is 0 Å². The first kappa shape index (κ1) is 9.67. The van der Waals surface area contributed by atoms with Crippen LogP contribution in [-0.2, 0) is 15.1 Å². The number of aliphatic carboxylic acids is 1. The van der Waals surface area contributed by atoms with Crippen LogP contribution in [0.3, 0.4) is 0 Å². The summed E-state index contributed by atoms with van der Waals surface area (Å²) in [6.45, 7) is 0. The summed E-state index contributed by atoms with van der Waals surface area (Å²) in [4.78, 5) is 22.2. The third-order valence-electron chi connectivity index (χ3n) is 2.40. The van der Waals surface area contributed by atoms with Crippen molar-refractivity contribution >= 4 is 11.9 Å². The van der Waals surface area contributed by atoms with Crippen LogP contribution < -0.4 is 10.5 Å². The maximum Gasteiger partial charge on any atom is 0.329 e. The zero-order valence-corrected chi connectivity index (χ0v) is 7.77. The molecule has 5 nitrogen and oxygen atoms in total. The number of carboxylic acids is 1. The summed E-state index contributed by atoms with van der Waals surface area (Å²) in [5.74, 6) is -1.64. The van der Waals surface area contributed by atoms with E-state index in [1.54, 1.807) is 18.2 Å². The summed E-state index contributed by atoms with van der Waals surface area (Å²) in [6.07, 6.45) is -0.348. The zero-order chi connectivity index (χ0) is 11.1. The number of fused-ring (bicyclic) bond motifs is 1. The molecule has 0 aromatic heterocycles.